The molecule has 2 atom stereocenters. The second-order valence-electron chi connectivity index (χ2n) is 5.77. The van der Waals surface area contributed by atoms with Gasteiger partial charge in [0, 0.05) is 17.6 Å². The van der Waals surface area contributed by atoms with E-state index in [1.54, 1.807) is 0 Å². The van der Waals surface area contributed by atoms with E-state index in [2.05, 4.69) is 57.0 Å². The van der Waals surface area contributed by atoms with Gasteiger partial charge in [0.15, 0.2) is 0 Å². The fourth-order valence-electron chi connectivity index (χ4n) is 2.68. The van der Waals surface area contributed by atoms with Crippen molar-refractivity contribution >= 4 is 0 Å². The van der Waals surface area contributed by atoms with Crippen LogP contribution >= 0.6 is 0 Å². The third-order valence-electron chi connectivity index (χ3n) is 4.58. The van der Waals surface area contributed by atoms with Crippen molar-refractivity contribution in [3.63, 3.8) is 0 Å². The van der Waals surface area contributed by atoms with Gasteiger partial charge in [0.1, 0.15) is 0 Å². The highest BCUT2D eigenvalue weighted by Gasteiger charge is 2.37. The molecule has 0 spiro atoms. The molecule has 0 fully saturated rings. The van der Waals surface area contributed by atoms with Gasteiger partial charge in [-0.2, -0.15) is 0 Å². The van der Waals surface area contributed by atoms with Gasteiger partial charge in [0.05, 0.1) is 0 Å². The number of nitrogens with two attached hydrogens (primary N) is 1. The highest BCUT2D eigenvalue weighted by atomic mass is 15.2. The van der Waals surface area contributed by atoms with E-state index >= 15 is 0 Å². The Bertz CT molecular complexity index is 398. The Kier molecular flexibility index (Phi) is 3.28. The topological polar surface area (TPSA) is 29.3 Å². The molecule has 0 bridgehead atoms. The molecule has 2 nitrogen and oxygen atoms in total. The number of nitrogens with zero attached hydrogens (tertiary/aromatic N) is 1. The summed E-state index contributed by atoms with van der Waals surface area (Å²) in [5, 5.41) is 0. The van der Waals surface area contributed by atoms with E-state index in [1.165, 1.54) is 11.1 Å². The third kappa shape index (κ3) is 2.12. The third-order valence-corrected chi connectivity index (χ3v) is 4.58. The molecule has 2 heteroatoms. The lowest BCUT2D eigenvalue weighted by atomic mass is 9.95. The minimum absolute atomic E-state index is 0.155. The van der Waals surface area contributed by atoms with Crippen LogP contribution in [0.25, 0.3) is 0 Å². The molecule has 0 saturated heterocycles. The summed E-state index contributed by atoms with van der Waals surface area (Å²) in [5.74, 6) is 0. The van der Waals surface area contributed by atoms with Gasteiger partial charge in [-0.3, -0.25) is 4.90 Å². The van der Waals surface area contributed by atoms with Crippen molar-refractivity contribution in [3.05, 3.63) is 35.4 Å². The summed E-state index contributed by atoms with van der Waals surface area (Å²) in [6.07, 6.45) is 2.22. The van der Waals surface area contributed by atoms with Crippen LogP contribution in [0.2, 0.25) is 0 Å². The molecule has 1 aromatic carbocycles. The van der Waals surface area contributed by atoms with Crippen LogP contribution in [0.5, 0.6) is 0 Å². The standard InChI is InChI=1S/C15H24N2/c1-5-15(2,3)17(4)13-10-11-8-6-7-9-12(11)14(13)16/h6-9,13-14H,5,10,16H2,1-4H3. The van der Waals surface area contributed by atoms with E-state index < -0.39 is 0 Å². The fraction of sp³-hybridized carbons (Fsp3) is 0.600. The molecular weight excluding hydrogens is 208 g/mol. The van der Waals surface area contributed by atoms with E-state index in [4.69, 9.17) is 5.73 Å². The molecule has 1 aromatic rings. The summed E-state index contributed by atoms with van der Waals surface area (Å²) in [4.78, 5) is 2.46. The summed E-state index contributed by atoms with van der Waals surface area (Å²) < 4.78 is 0. The minimum Gasteiger partial charge on any atom is -0.323 e. The van der Waals surface area contributed by atoms with Gasteiger partial charge in [-0.1, -0.05) is 31.2 Å². The molecule has 0 aliphatic heterocycles. The van der Waals surface area contributed by atoms with E-state index in [1.807, 2.05) is 0 Å². The van der Waals surface area contributed by atoms with Gasteiger partial charge in [-0.15, -0.1) is 0 Å². The van der Waals surface area contributed by atoms with Crippen LogP contribution in [0.4, 0.5) is 0 Å². The monoisotopic (exact) mass is 232 g/mol. The molecule has 0 amide bonds. The molecule has 0 radical (unpaired) electrons. The van der Waals surface area contributed by atoms with Crippen LogP contribution in [-0.2, 0) is 6.42 Å². The summed E-state index contributed by atoms with van der Waals surface area (Å²) in [5.41, 5.74) is 9.36. The molecule has 1 aliphatic rings. The SMILES string of the molecule is CCC(C)(C)N(C)C1Cc2ccccc2C1N. The number of hydrogen-bond acceptors (Lipinski definition) is 2. The number of rotatable bonds is 3. The van der Waals surface area contributed by atoms with Gasteiger partial charge >= 0.3 is 0 Å². The van der Waals surface area contributed by atoms with Crippen LogP contribution < -0.4 is 5.73 Å². The largest absolute Gasteiger partial charge is 0.323 e. The first-order chi connectivity index (χ1) is 7.97. The van der Waals surface area contributed by atoms with Gasteiger partial charge in [0.25, 0.3) is 0 Å². The Balaban J connectivity index is 2.23. The molecule has 1 aliphatic carbocycles. The van der Waals surface area contributed by atoms with Crippen LogP contribution in [0.15, 0.2) is 24.3 Å². The summed E-state index contributed by atoms with van der Waals surface area (Å²) in [6, 6.07) is 9.17. The van der Waals surface area contributed by atoms with E-state index in [-0.39, 0.29) is 11.6 Å². The maximum absolute atomic E-state index is 6.40. The van der Waals surface area contributed by atoms with Gasteiger partial charge in [-0.05, 0) is 44.9 Å². The van der Waals surface area contributed by atoms with Crippen LogP contribution in [0.3, 0.4) is 0 Å². The first kappa shape index (κ1) is 12.6. The van der Waals surface area contributed by atoms with Crippen molar-refractivity contribution in [3.8, 4) is 0 Å². The highest BCUT2D eigenvalue weighted by molar-refractivity contribution is 5.37. The Labute approximate surface area is 105 Å². The Morgan fingerprint density at radius 1 is 1.35 bits per heavy atom. The molecule has 17 heavy (non-hydrogen) atoms. The molecular formula is C15H24N2. The summed E-state index contributed by atoms with van der Waals surface area (Å²) in [7, 11) is 2.21. The lowest BCUT2D eigenvalue weighted by Gasteiger charge is -2.41. The Morgan fingerprint density at radius 3 is 2.59 bits per heavy atom. The van der Waals surface area contributed by atoms with Crippen molar-refractivity contribution in [2.45, 2.75) is 51.2 Å². The minimum atomic E-state index is 0.155. The quantitative estimate of drug-likeness (QED) is 0.868. The van der Waals surface area contributed by atoms with Crippen LogP contribution in [0, 0.1) is 0 Å². The molecule has 2 N–H and O–H groups in total. The average molecular weight is 232 g/mol. The van der Waals surface area contributed by atoms with Gasteiger partial charge < -0.3 is 5.73 Å². The second-order valence-corrected chi connectivity index (χ2v) is 5.77. The number of fused-ring (bicyclic) bond motifs is 1. The molecule has 2 rings (SSSR count). The van der Waals surface area contributed by atoms with E-state index in [0.717, 1.165) is 12.8 Å². The zero-order valence-electron chi connectivity index (χ0n) is 11.4. The lowest BCUT2D eigenvalue weighted by Crippen LogP contribution is -2.50. The van der Waals surface area contributed by atoms with Gasteiger partial charge in [-0.25, -0.2) is 0 Å². The number of likely N-dealkylation sites (N-methyl/N-ethyl adjacent to an activating group) is 1. The highest BCUT2D eigenvalue weighted by Crippen LogP contribution is 2.35. The number of hydrogen-bond donors (Lipinski definition) is 1. The predicted molar refractivity (Wildman–Crippen MR) is 73.0 cm³/mol. The maximum atomic E-state index is 6.40. The zero-order chi connectivity index (χ0) is 12.6. The van der Waals surface area contributed by atoms with Crippen LogP contribution in [0.1, 0.15) is 44.4 Å². The molecule has 0 heterocycles. The molecule has 94 valence electrons. The van der Waals surface area contributed by atoms with Crippen molar-refractivity contribution in [1.82, 2.24) is 4.90 Å². The summed E-state index contributed by atoms with van der Waals surface area (Å²) in [6.45, 7) is 6.83. The van der Waals surface area contributed by atoms with Crippen molar-refractivity contribution in [2.75, 3.05) is 7.05 Å². The normalized spacial score (nSPS) is 24.1. The first-order valence-corrected chi connectivity index (χ1v) is 6.53. The first-order valence-electron chi connectivity index (χ1n) is 6.53. The van der Waals surface area contributed by atoms with E-state index in [9.17, 15) is 0 Å². The average Bonchev–Trinajstić information content (AvgIpc) is 2.66. The fourth-order valence-corrected chi connectivity index (χ4v) is 2.68. The van der Waals surface area contributed by atoms with Gasteiger partial charge in [0.2, 0.25) is 0 Å². The number of benzene rings is 1. The van der Waals surface area contributed by atoms with Crippen molar-refractivity contribution < 1.29 is 0 Å². The van der Waals surface area contributed by atoms with Crippen molar-refractivity contribution in [1.29, 1.82) is 0 Å². The smallest absolute Gasteiger partial charge is 0.0459 e. The molecule has 0 aromatic heterocycles. The van der Waals surface area contributed by atoms with Crippen molar-refractivity contribution in [2.24, 2.45) is 5.73 Å². The predicted octanol–water partition coefficient (Wildman–Crippen LogP) is 2.73. The maximum Gasteiger partial charge on any atom is 0.0459 e. The summed E-state index contributed by atoms with van der Waals surface area (Å²) >= 11 is 0. The molecule has 0 saturated carbocycles. The lowest BCUT2D eigenvalue weighted by molar-refractivity contribution is 0.0882. The molecule has 2 unspecified atom stereocenters. The second kappa shape index (κ2) is 4.43. The van der Waals surface area contributed by atoms with E-state index in [0.29, 0.717) is 6.04 Å². The Morgan fingerprint density at radius 2 is 2.00 bits per heavy atom. The zero-order valence-corrected chi connectivity index (χ0v) is 11.4. The van der Waals surface area contributed by atoms with Crippen LogP contribution in [-0.4, -0.2) is 23.5 Å². The Hall–Kier alpha value is -0.860.